The van der Waals surface area contributed by atoms with Crippen molar-refractivity contribution >= 4 is 68.5 Å². The highest BCUT2D eigenvalue weighted by Gasteiger charge is 2.36. The number of halogens is 1. The number of amides is 1. The van der Waals surface area contributed by atoms with Crippen molar-refractivity contribution in [3.05, 3.63) is 79.0 Å². The van der Waals surface area contributed by atoms with E-state index in [2.05, 4.69) is 102 Å². The van der Waals surface area contributed by atoms with E-state index in [0.717, 1.165) is 74.3 Å². The first kappa shape index (κ1) is 55.4. The summed E-state index contributed by atoms with van der Waals surface area (Å²) < 4.78 is 10.8. The molecule has 17 nitrogen and oxygen atoms in total. The third-order valence-corrected chi connectivity index (χ3v) is 12.6. The number of fused-ring (bicyclic) bond motifs is 3. The molecule has 2 aliphatic heterocycles. The summed E-state index contributed by atoms with van der Waals surface area (Å²) >= 11 is 5.81. The lowest BCUT2D eigenvalue weighted by Gasteiger charge is -2.43. The number of pyridine rings is 3. The molecule has 0 bridgehead atoms. The van der Waals surface area contributed by atoms with Crippen LogP contribution in [-0.2, 0) is 14.3 Å². The van der Waals surface area contributed by atoms with Gasteiger partial charge in [0, 0.05) is 94.0 Å². The summed E-state index contributed by atoms with van der Waals surface area (Å²) in [5.41, 5.74) is 12.4. The second kappa shape index (κ2) is 23.3. The third-order valence-electron chi connectivity index (χ3n) is 12.3. The van der Waals surface area contributed by atoms with Crippen LogP contribution in [0.5, 0.6) is 0 Å². The molecular weight excluding hydrogens is 930 g/mol. The fourth-order valence-corrected chi connectivity index (χ4v) is 10.2. The number of nitrogens with zero attached hydrogens (tertiary/aromatic N) is 11. The Labute approximate surface area is 430 Å². The topological polar surface area (TPSA) is 213 Å². The van der Waals surface area contributed by atoms with Gasteiger partial charge in [-0.2, -0.15) is 0 Å². The molecule has 388 valence electrons. The van der Waals surface area contributed by atoms with Crippen LogP contribution >= 0.6 is 11.6 Å². The van der Waals surface area contributed by atoms with E-state index < -0.39 is 11.2 Å². The monoisotopic (exact) mass is 1010 g/mol. The molecule has 3 atom stereocenters. The molecule has 6 aromatic heterocycles. The van der Waals surface area contributed by atoms with Gasteiger partial charge in [-0.05, 0) is 114 Å². The summed E-state index contributed by atoms with van der Waals surface area (Å²) in [6, 6.07) is 6.16. The van der Waals surface area contributed by atoms with Crippen LogP contribution in [0.2, 0.25) is 5.02 Å². The summed E-state index contributed by atoms with van der Waals surface area (Å²) in [4.78, 5) is 66.6. The molecule has 18 heteroatoms. The Morgan fingerprint density at radius 1 is 0.625 bits per heavy atom. The van der Waals surface area contributed by atoms with Crippen LogP contribution in [0.4, 0.5) is 16.2 Å². The molecule has 0 radical (unpaired) electrons. The van der Waals surface area contributed by atoms with Gasteiger partial charge in [0.2, 0.25) is 0 Å². The van der Waals surface area contributed by atoms with Crippen molar-refractivity contribution in [3.63, 3.8) is 0 Å². The molecule has 2 saturated heterocycles. The fourth-order valence-electron chi connectivity index (χ4n) is 10.0. The summed E-state index contributed by atoms with van der Waals surface area (Å²) in [5.74, 6) is 0.119. The van der Waals surface area contributed by atoms with Crippen LogP contribution in [0.25, 0.3) is 33.5 Å². The lowest BCUT2D eigenvalue weighted by atomic mass is 9.75. The number of carbonyl (C=O) groups excluding carboxylic acids is 2. The van der Waals surface area contributed by atoms with Crippen molar-refractivity contribution in [1.29, 1.82) is 0 Å². The van der Waals surface area contributed by atoms with E-state index in [9.17, 15) is 9.59 Å². The molecule has 3 aliphatic rings. The molecule has 0 spiro atoms. The number of nitrogens with one attached hydrogen (secondary N) is 1. The molecular formula is C54H76ClN13O4. The zero-order chi connectivity index (χ0) is 52.5. The van der Waals surface area contributed by atoms with Crippen LogP contribution in [0.15, 0.2) is 74.0 Å². The molecule has 6 aromatic rings. The highest BCUT2D eigenvalue weighted by Crippen LogP contribution is 2.39. The summed E-state index contributed by atoms with van der Waals surface area (Å²) in [6.07, 6.45) is 21.9. The van der Waals surface area contributed by atoms with Crippen molar-refractivity contribution < 1.29 is 19.1 Å². The number of nitrogens with two attached hydrogens (primary N) is 1. The second-order valence-corrected chi connectivity index (χ2v) is 24.1. The number of carbonyl (C=O) groups is 2. The Morgan fingerprint density at radius 2 is 1.08 bits per heavy atom. The van der Waals surface area contributed by atoms with Crippen molar-refractivity contribution in [2.24, 2.45) is 27.9 Å². The maximum absolute atomic E-state index is 12.3. The van der Waals surface area contributed by atoms with Gasteiger partial charge >= 0.3 is 12.1 Å². The summed E-state index contributed by atoms with van der Waals surface area (Å²) in [5, 5.41) is 3.56. The Bertz CT molecular complexity index is 2740. The number of esters is 1. The highest BCUT2D eigenvalue weighted by atomic mass is 35.5. The average Bonchev–Trinajstić information content (AvgIpc) is 3.26. The maximum Gasteiger partial charge on any atom is 0.407 e. The van der Waals surface area contributed by atoms with Gasteiger partial charge in [-0.25, -0.2) is 49.7 Å². The van der Waals surface area contributed by atoms with Crippen LogP contribution in [0, 0.1) is 22.2 Å². The Morgan fingerprint density at radius 3 is 1.58 bits per heavy atom. The van der Waals surface area contributed by atoms with E-state index in [-0.39, 0.29) is 40.9 Å². The predicted octanol–water partition coefficient (Wildman–Crippen LogP) is 10.4. The zero-order valence-corrected chi connectivity index (χ0v) is 45.2. The molecule has 0 unspecified atom stereocenters. The largest absolute Gasteiger partial charge is 0.460 e. The normalized spacial score (nSPS) is 20.4. The van der Waals surface area contributed by atoms with Gasteiger partial charge in [-0.3, -0.25) is 4.79 Å². The van der Waals surface area contributed by atoms with Crippen LogP contribution < -0.4 is 20.9 Å². The van der Waals surface area contributed by atoms with Crippen molar-refractivity contribution in [3.8, 4) is 0 Å². The first-order chi connectivity index (χ1) is 33.7. The Hall–Kier alpha value is -5.94. The molecule has 3 fully saturated rings. The average molecular weight is 1010 g/mol. The molecule has 3 N–H and O–H groups in total. The molecule has 1 aliphatic carbocycles. The highest BCUT2D eigenvalue weighted by molar-refractivity contribution is 6.34. The number of aromatic nitrogens is 9. The first-order valence-electron chi connectivity index (χ1n) is 25.0. The van der Waals surface area contributed by atoms with Gasteiger partial charge in [0.15, 0.2) is 16.9 Å². The van der Waals surface area contributed by atoms with E-state index >= 15 is 0 Å². The second-order valence-electron chi connectivity index (χ2n) is 23.7. The summed E-state index contributed by atoms with van der Waals surface area (Å²) in [6.45, 7) is 28.5. The number of hydrogen-bond acceptors (Lipinski definition) is 16. The number of anilines is 2. The Kier molecular flexibility index (Phi) is 17.9. The van der Waals surface area contributed by atoms with Gasteiger partial charge in [0.05, 0.1) is 22.8 Å². The van der Waals surface area contributed by atoms with E-state index in [4.69, 9.17) is 26.8 Å². The van der Waals surface area contributed by atoms with E-state index in [1.165, 1.54) is 12.8 Å². The molecule has 0 aromatic carbocycles. The number of rotatable bonds is 5. The maximum atomic E-state index is 12.3. The molecule has 1 amide bonds. The van der Waals surface area contributed by atoms with Crippen LogP contribution in [0.3, 0.4) is 0 Å². The van der Waals surface area contributed by atoms with Crippen molar-refractivity contribution in [2.75, 3.05) is 36.0 Å². The molecule has 9 rings (SSSR count). The SMILES string of the molecule is CC1(C)CCC[C@H](NC(=O)OC(C)(C)C)C1.CC1(C)C[C@@H](CC(=O)OC(C)(C)C)CN(c2ccnc3nccnc23)C1.CC1(C)C[C@@H](N)CN(c2ccnc3nccnc23)C1.Clc1ccnc2nccnc12. The van der Waals surface area contributed by atoms with E-state index in [1.54, 1.807) is 61.8 Å². The number of ether oxygens (including phenoxy) is 2. The third kappa shape index (κ3) is 16.8. The van der Waals surface area contributed by atoms with Crippen LogP contribution in [-0.4, -0.2) is 106 Å². The number of piperidine rings is 2. The minimum absolute atomic E-state index is 0.0999. The minimum atomic E-state index is -0.447. The van der Waals surface area contributed by atoms with Crippen molar-refractivity contribution in [1.82, 2.24) is 50.2 Å². The lowest BCUT2D eigenvalue weighted by Crippen LogP contribution is -2.50. The lowest BCUT2D eigenvalue weighted by molar-refractivity contribution is -0.156. The predicted molar refractivity (Wildman–Crippen MR) is 286 cm³/mol. The molecule has 8 heterocycles. The first-order valence-corrected chi connectivity index (χ1v) is 25.4. The molecule has 1 saturated carbocycles. The number of alkyl carbamates (subject to hydrolysis) is 1. The van der Waals surface area contributed by atoms with Gasteiger partial charge < -0.3 is 30.3 Å². The standard InChI is InChI=1S/C20H28N4O2.C14H19N5.C13H25NO2.C7H4ClN3/c1-19(2,3)26-16(25)10-14-11-20(4,5)13-24(12-14)15-6-7-22-18-17(15)21-8-9-23-18;1-14(2)7-10(15)8-19(9-14)11-3-4-17-13-12(11)16-5-6-18-13;1-12(2,3)16-11(15)14-10-7-6-8-13(4,5)9-10;8-5-1-2-10-7-6(5)9-3-4-11-7/h6-9,14H,10-13H2,1-5H3;3-6,10H,7-9,15H2,1-2H3;10H,6-9H2,1-5H3,(H,14,15);1-4H/t14-;2*10-;/m110./s1. The smallest absolute Gasteiger partial charge is 0.407 e. The van der Waals surface area contributed by atoms with Gasteiger partial charge in [0.25, 0.3) is 0 Å². The fraction of sp³-hybridized carbons (Fsp3) is 0.574. The molecule has 72 heavy (non-hydrogen) atoms. The van der Waals surface area contributed by atoms with Gasteiger partial charge in [0.1, 0.15) is 27.8 Å². The number of hydrogen-bond donors (Lipinski definition) is 2. The summed E-state index contributed by atoms with van der Waals surface area (Å²) in [7, 11) is 0. The quantitative estimate of drug-likeness (QED) is 0.154. The minimum Gasteiger partial charge on any atom is -0.460 e. The van der Waals surface area contributed by atoms with Crippen molar-refractivity contribution in [2.45, 2.75) is 151 Å². The zero-order valence-electron chi connectivity index (χ0n) is 44.4. The van der Waals surface area contributed by atoms with Gasteiger partial charge in [-0.1, -0.05) is 59.6 Å². The van der Waals surface area contributed by atoms with E-state index in [0.29, 0.717) is 39.3 Å². The Balaban J connectivity index is 0.000000164. The van der Waals surface area contributed by atoms with E-state index in [1.807, 2.05) is 53.7 Å². The van der Waals surface area contributed by atoms with Gasteiger partial charge in [-0.15, -0.1) is 0 Å². The van der Waals surface area contributed by atoms with Crippen LogP contribution in [0.1, 0.15) is 128 Å².